The van der Waals surface area contributed by atoms with Crippen LogP contribution in [0.1, 0.15) is 19.3 Å². The van der Waals surface area contributed by atoms with Gasteiger partial charge in [-0.15, -0.1) is 0 Å². The van der Waals surface area contributed by atoms with Gasteiger partial charge in [-0.1, -0.05) is 42.8 Å². The molecule has 2 aromatic carbocycles. The Morgan fingerprint density at radius 2 is 1.32 bits per heavy atom. The minimum atomic E-state index is 0.799. The summed E-state index contributed by atoms with van der Waals surface area (Å²) in [5, 5.41) is 2.72. The molecule has 2 nitrogen and oxygen atoms in total. The van der Waals surface area contributed by atoms with Gasteiger partial charge in [-0.3, -0.25) is 0 Å². The number of para-hydroxylation sites is 2. The molecule has 0 radical (unpaired) electrons. The number of aryl methyl sites for hydroxylation is 1. The molecule has 3 rings (SSSR count). The molecule has 2 N–H and O–H groups in total. The molecule has 2 heteroatoms. The smallest absolute Gasteiger partial charge is 0.0491 e. The van der Waals surface area contributed by atoms with Crippen LogP contribution in [-0.2, 0) is 6.54 Å². The fraction of sp³-hybridized carbons (Fsp3) is 0.294. The Morgan fingerprint density at radius 1 is 0.737 bits per heavy atom. The van der Waals surface area contributed by atoms with Gasteiger partial charge in [-0.25, -0.2) is 0 Å². The highest BCUT2D eigenvalue weighted by molar-refractivity contribution is 6.07. The molecule has 19 heavy (non-hydrogen) atoms. The quantitative estimate of drug-likeness (QED) is 0.685. The first-order valence-electron chi connectivity index (χ1n) is 7.08. The average molecular weight is 252 g/mol. The van der Waals surface area contributed by atoms with Crippen LogP contribution in [0.5, 0.6) is 0 Å². The van der Waals surface area contributed by atoms with Crippen LogP contribution in [0.15, 0.2) is 48.5 Å². The van der Waals surface area contributed by atoms with Crippen molar-refractivity contribution in [3.05, 3.63) is 48.5 Å². The van der Waals surface area contributed by atoms with Gasteiger partial charge in [-0.05, 0) is 31.5 Å². The van der Waals surface area contributed by atoms with E-state index in [2.05, 4.69) is 53.1 Å². The van der Waals surface area contributed by atoms with E-state index < -0.39 is 0 Å². The molecule has 0 saturated heterocycles. The van der Waals surface area contributed by atoms with Crippen molar-refractivity contribution in [2.75, 3.05) is 6.54 Å². The molecule has 0 aliphatic heterocycles. The largest absolute Gasteiger partial charge is 0.340 e. The maximum absolute atomic E-state index is 5.56. The number of hydrogen-bond donors (Lipinski definition) is 1. The zero-order valence-electron chi connectivity index (χ0n) is 11.2. The third-order valence-electron chi connectivity index (χ3n) is 3.77. The summed E-state index contributed by atoms with van der Waals surface area (Å²) in [6, 6.07) is 17.4. The maximum atomic E-state index is 5.56. The monoisotopic (exact) mass is 252 g/mol. The second-order valence-corrected chi connectivity index (χ2v) is 5.04. The van der Waals surface area contributed by atoms with Crippen molar-refractivity contribution >= 4 is 21.8 Å². The Balaban J connectivity index is 2.04. The van der Waals surface area contributed by atoms with E-state index in [0.717, 1.165) is 19.5 Å². The predicted molar refractivity (Wildman–Crippen MR) is 82.3 cm³/mol. The highest BCUT2D eigenvalue weighted by Gasteiger charge is 2.08. The van der Waals surface area contributed by atoms with E-state index >= 15 is 0 Å². The molecule has 0 amide bonds. The fourth-order valence-electron chi connectivity index (χ4n) is 2.84. The minimum Gasteiger partial charge on any atom is -0.340 e. The van der Waals surface area contributed by atoms with E-state index in [1.165, 1.54) is 34.6 Å². The molecule has 0 fully saturated rings. The second kappa shape index (κ2) is 5.45. The van der Waals surface area contributed by atoms with Gasteiger partial charge >= 0.3 is 0 Å². The predicted octanol–water partition coefficient (Wildman–Crippen LogP) is 3.92. The first-order chi connectivity index (χ1) is 9.42. The normalized spacial score (nSPS) is 11.4. The Morgan fingerprint density at radius 3 is 1.89 bits per heavy atom. The van der Waals surface area contributed by atoms with Crippen LogP contribution < -0.4 is 5.73 Å². The number of fused-ring (bicyclic) bond motifs is 3. The van der Waals surface area contributed by atoms with Crippen LogP contribution in [0.3, 0.4) is 0 Å². The molecule has 1 aromatic heterocycles. The van der Waals surface area contributed by atoms with Crippen molar-refractivity contribution in [2.45, 2.75) is 25.8 Å². The van der Waals surface area contributed by atoms with Crippen LogP contribution >= 0.6 is 0 Å². The van der Waals surface area contributed by atoms with Crippen LogP contribution in [-0.4, -0.2) is 11.1 Å². The zero-order valence-corrected chi connectivity index (χ0v) is 11.2. The van der Waals surface area contributed by atoms with Gasteiger partial charge in [-0.2, -0.15) is 0 Å². The molecule has 1 heterocycles. The van der Waals surface area contributed by atoms with Crippen molar-refractivity contribution in [3.8, 4) is 0 Å². The van der Waals surface area contributed by atoms with Crippen LogP contribution in [0.4, 0.5) is 0 Å². The molecule has 0 spiro atoms. The number of nitrogens with zero attached hydrogens (tertiary/aromatic N) is 1. The zero-order chi connectivity index (χ0) is 13.1. The number of hydrogen-bond acceptors (Lipinski definition) is 1. The minimum absolute atomic E-state index is 0.799. The topological polar surface area (TPSA) is 30.9 Å². The number of aromatic nitrogens is 1. The van der Waals surface area contributed by atoms with E-state index in [9.17, 15) is 0 Å². The summed E-state index contributed by atoms with van der Waals surface area (Å²) in [7, 11) is 0. The van der Waals surface area contributed by atoms with Crippen molar-refractivity contribution < 1.29 is 0 Å². The van der Waals surface area contributed by atoms with Gasteiger partial charge in [0.2, 0.25) is 0 Å². The Labute approximate surface area is 113 Å². The molecule has 0 saturated carbocycles. The van der Waals surface area contributed by atoms with E-state index in [1.54, 1.807) is 0 Å². The first kappa shape index (κ1) is 12.2. The van der Waals surface area contributed by atoms with Crippen molar-refractivity contribution in [2.24, 2.45) is 5.73 Å². The molecule has 3 aromatic rings. The van der Waals surface area contributed by atoms with E-state index in [1.807, 2.05) is 0 Å². The third kappa shape index (κ3) is 2.24. The van der Waals surface area contributed by atoms with Crippen molar-refractivity contribution in [3.63, 3.8) is 0 Å². The Kier molecular flexibility index (Phi) is 3.51. The third-order valence-corrected chi connectivity index (χ3v) is 3.77. The van der Waals surface area contributed by atoms with Crippen LogP contribution in [0, 0.1) is 0 Å². The summed E-state index contributed by atoms with van der Waals surface area (Å²) in [5.74, 6) is 0. The molecular formula is C17H20N2. The average Bonchev–Trinajstić information content (AvgIpc) is 2.78. The summed E-state index contributed by atoms with van der Waals surface area (Å²) >= 11 is 0. The standard InChI is InChI=1S/C17H20N2/c18-12-6-1-7-13-19-16-10-4-2-8-14(16)15-9-3-5-11-17(15)19/h2-5,8-11H,1,6-7,12-13,18H2. The summed E-state index contributed by atoms with van der Waals surface area (Å²) in [6.07, 6.45) is 3.52. The van der Waals surface area contributed by atoms with Crippen molar-refractivity contribution in [1.82, 2.24) is 4.57 Å². The highest BCUT2D eigenvalue weighted by Crippen LogP contribution is 2.28. The summed E-state index contributed by atoms with van der Waals surface area (Å²) in [4.78, 5) is 0. The first-order valence-corrected chi connectivity index (χ1v) is 7.08. The molecular weight excluding hydrogens is 232 g/mol. The molecule has 0 aliphatic carbocycles. The van der Waals surface area contributed by atoms with Gasteiger partial charge in [0.15, 0.2) is 0 Å². The van der Waals surface area contributed by atoms with E-state index in [0.29, 0.717) is 0 Å². The lowest BCUT2D eigenvalue weighted by Crippen LogP contribution is -2.01. The maximum Gasteiger partial charge on any atom is 0.0491 e. The van der Waals surface area contributed by atoms with E-state index in [-0.39, 0.29) is 0 Å². The van der Waals surface area contributed by atoms with Gasteiger partial charge in [0.1, 0.15) is 0 Å². The summed E-state index contributed by atoms with van der Waals surface area (Å²) < 4.78 is 2.45. The molecule has 0 aliphatic rings. The lowest BCUT2D eigenvalue weighted by Gasteiger charge is -2.07. The number of nitrogens with two attached hydrogens (primary N) is 1. The lowest BCUT2D eigenvalue weighted by atomic mass is 10.2. The van der Waals surface area contributed by atoms with Gasteiger partial charge in [0, 0.05) is 28.4 Å². The van der Waals surface area contributed by atoms with Gasteiger partial charge in [0.25, 0.3) is 0 Å². The highest BCUT2D eigenvalue weighted by atomic mass is 15.0. The van der Waals surface area contributed by atoms with Crippen LogP contribution in [0.2, 0.25) is 0 Å². The SMILES string of the molecule is NCCCCCn1c2ccccc2c2ccccc21. The number of benzene rings is 2. The molecule has 0 atom stereocenters. The molecule has 98 valence electrons. The fourth-order valence-corrected chi connectivity index (χ4v) is 2.84. The number of unbranched alkanes of at least 4 members (excludes halogenated alkanes) is 2. The summed E-state index contributed by atoms with van der Waals surface area (Å²) in [5.41, 5.74) is 8.25. The lowest BCUT2D eigenvalue weighted by molar-refractivity contribution is 0.613. The Hall–Kier alpha value is -1.80. The Bertz CT molecular complexity index is 629. The van der Waals surface area contributed by atoms with Gasteiger partial charge < -0.3 is 10.3 Å². The van der Waals surface area contributed by atoms with Crippen LogP contribution in [0.25, 0.3) is 21.8 Å². The second-order valence-electron chi connectivity index (χ2n) is 5.04. The summed E-state index contributed by atoms with van der Waals surface area (Å²) in [6.45, 7) is 1.88. The molecule has 0 unspecified atom stereocenters. The van der Waals surface area contributed by atoms with E-state index in [4.69, 9.17) is 5.73 Å². The number of rotatable bonds is 5. The van der Waals surface area contributed by atoms with Gasteiger partial charge in [0.05, 0.1) is 0 Å². The van der Waals surface area contributed by atoms with Crippen molar-refractivity contribution in [1.29, 1.82) is 0 Å². The molecule has 0 bridgehead atoms.